The third-order valence-electron chi connectivity index (χ3n) is 17.3. The first-order valence-corrected chi connectivity index (χ1v) is 25.9. The highest BCUT2D eigenvalue weighted by atomic mass is 16.5. The molecule has 0 N–H and O–H groups in total. The quantitative estimate of drug-likeness (QED) is 0.165. The van der Waals surface area contributed by atoms with Crippen LogP contribution in [0.5, 0.6) is 11.5 Å². The van der Waals surface area contributed by atoms with Gasteiger partial charge in [0.25, 0.3) is 13.4 Å². The van der Waals surface area contributed by atoms with Gasteiger partial charge in [0.1, 0.15) is 11.5 Å². The summed E-state index contributed by atoms with van der Waals surface area (Å²) in [6.45, 7) is 2.93. The molecule has 0 aliphatic carbocycles. The van der Waals surface area contributed by atoms with Crippen LogP contribution in [0.25, 0.3) is 27.5 Å². The van der Waals surface area contributed by atoms with Crippen LogP contribution in [0.1, 0.15) is 36.0 Å². The van der Waals surface area contributed by atoms with E-state index in [9.17, 15) is 0 Å². The number of benzene rings is 9. The zero-order valence-corrected chi connectivity index (χ0v) is 39.4. The van der Waals surface area contributed by atoms with Crippen LogP contribution >= 0.6 is 0 Å². The molecular weight excluding hydrogens is 864 g/mol. The van der Waals surface area contributed by atoms with Crippen molar-refractivity contribution in [2.45, 2.75) is 38.5 Å². The summed E-state index contributed by atoms with van der Waals surface area (Å²) in [5.74, 6) is 1.90. The molecule has 0 atom stereocenters. The summed E-state index contributed by atoms with van der Waals surface area (Å²) in [6, 6.07) is 67.3. The Hall–Kier alpha value is -8.09. The molecule has 6 nitrogen and oxygen atoms in total. The molecule has 7 aliphatic rings. The Morgan fingerprint density at radius 2 is 1.01 bits per heavy atom. The van der Waals surface area contributed by atoms with Gasteiger partial charge in [-0.05, 0) is 143 Å². The molecule has 71 heavy (non-hydrogen) atoms. The topological polar surface area (TPSA) is 27.1 Å². The van der Waals surface area contributed by atoms with Crippen molar-refractivity contribution in [2.24, 2.45) is 0 Å². The van der Waals surface area contributed by atoms with Crippen LogP contribution in [0.15, 0.2) is 176 Å². The molecule has 0 fully saturated rings. The lowest BCUT2D eigenvalue weighted by atomic mass is 9.30. The number of nitrogens with zero attached hydrogens (tertiary/aromatic N) is 5. The zero-order chi connectivity index (χ0) is 46.1. The minimum Gasteiger partial charge on any atom is -0.458 e. The zero-order valence-electron chi connectivity index (χ0n) is 39.4. The molecule has 0 amide bonds. The lowest BCUT2D eigenvalue weighted by Crippen LogP contribution is -2.65. The molecule has 0 spiro atoms. The third-order valence-corrected chi connectivity index (χ3v) is 17.3. The van der Waals surface area contributed by atoms with Gasteiger partial charge in [-0.3, -0.25) is 0 Å². The Kier molecular flexibility index (Phi) is 7.78. The minimum atomic E-state index is -0.0328. The molecular formula is C63H47B2N5O. The maximum atomic E-state index is 7.16. The summed E-state index contributed by atoms with van der Waals surface area (Å²) in [5.41, 5.74) is 27.6. The molecule has 8 heteroatoms. The van der Waals surface area contributed by atoms with E-state index in [0.29, 0.717) is 0 Å². The number of hydrogen-bond acceptors (Lipinski definition) is 5. The van der Waals surface area contributed by atoms with Gasteiger partial charge in [-0.1, -0.05) is 115 Å². The fraction of sp³-hybridized carbons (Fsp3) is 0.143. The normalized spacial score (nSPS) is 16.2. The first-order valence-electron chi connectivity index (χ1n) is 25.9. The van der Waals surface area contributed by atoms with Crippen molar-refractivity contribution < 1.29 is 4.74 Å². The first-order chi connectivity index (χ1) is 35.2. The average molecular weight is 912 g/mol. The number of anilines is 9. The summed E-state index contributed by atoms with van der Waals surface area (Å²) in [7, 11) is 0. The minimum absolute atomic E-state index is 0.0159. The molecule has 7 aliphatic heterocycles. The SMILES string of the molecule is c1ccc(N2c3cc(N4CCCc5ccccc54)cc4c3B(c3cccc5c3N4CCC5)c3cc4c5c(c32)c2ccccc2n5-c2cc(N3CCCc5ccccc53)cc3c2B4c2ccccc2O3)cc1. The number of rotatable bonds is 3. The summed E-state index contributed by atoms with van der Waals surface area (Å²) in [6.07, 6.45) is 6.66. The van der Waals surface area contributed by atoms with Gasteiger partial charge in [0.2, 0.25) is 0 Å². The van der Waals surface area contributed by atoms with Crippen molar-refractivity contribution in [1.29, 1.82) is 0 Å². The Labute approximate surface area is 414 Å². The molecule has 0 radical (unpaired) electrons. The fourth-order valence-corrected chi connectivity index (χ4v) is 14.5. The summed E-state index contributed by atoms with van der Waals surface area (Å²) in [5, 5.41) is 2.59. The highest BCUT2D eigenvalue weighted by Gasteiger charge is 2.49. The molecule has 0 saturated heterocycles. The van der Waals surface area contributed by atoms with Crippen molar-refractivity contribution in [2.75, 3.05) is 39.2 Å². The smallest absolute Gasteiger partial charge is 0.256 e. The van der Waals surface area contributed by atoms with E-state index in [0.717, 1.165) is 69.7 Å². The summed E-state index contributed by atoms with van der Waals surface area (Å²) in [4.78, 5) is 10.5. The van der Waals surface area contributed by atoms with E-state index in [1.807, 2.05) is 0 Å². The van der Waals surface area contributed by atoms with Crippen molar-refractivity contribution >= 4 is 119 Å². The maximum absolute atomic E-state index is 7.16. The van der Waals surface area contributed by atoms with Gasteiger partial charge in [0, 0.05) is 87.7 Å². The maximum Gasteiger partial charge on any atom is 0.256 e. The van der Waals surface area contributed by atoms with E-state index in [1.165, 1.54) is 128 Å². The molecule has 0 unspecified atom stereocenters. The number of fused-ring (bicyclic) bond motifs is 14. The van der Waals surface area contributed by atoms with Crippen LogP contribution in [-0.2, 0) is 19.3 Å². The van der Waals surface area contributed by atoms with E-state index in [4.69, 9.17) is 4.74 Å². The van der Waals surface area contributed by atoms with Crippen molar-refractivity contribution in [3.8, 4) is 17.2 Å². The van der Waals surface area contributed by atoms with Gasteiger partial charge < -0.3 is 28.9 Å². The largest absolute Gasteiger partial charge is 0.458 e. The molecule has 0 saturated carbocycles. The van der Waals surface area contributed by atoms with Crippen LogP contribution in [0, 0.1) is 0 Å². The van der Waals surface area contributed by atoms with Crippen LogP contribution in [0.4, 0.5) is 51.2 Å². The average Bonchev–Trinajstić information content (AvgIpc) is 3.79. The number of hydrogen-bond donors (Lipinski definition) is 0. The highest BCUT2D eigenvalue weighted by Crippen LogP contribution is 2.51. The van der Waals surface area contributed by atoms with Gasteiger partial charge >= 0.3 is 0 Å². The predicted molar refractivity (Wildman–Crippen MR) is 297 cm³/mol. The second kappa shape index (κ2) is 14.3. The van der Waals surface area contributed by atoms with E-state index in [-0.39, 0.29) is 13.4 Å². The lowest BCUT2D eigenvalue weighted by Gasteiger charge is -2.47. The van der Waals surface area contributed by atoms with Crippen molar-refractivity contribution in [3.05, 3.63) is 193 Å². The Morgan fingerprint density at radius 3 is 1.83 bits per heavy atom. The molecule has 8 heterocycles. The van der Waals surface area contributed by atoms with Gasteiger partial charge in [0.15, 0.2) is 0 Å². The summed E-state index contributed by atoms with van der Waals surface area (Å²) < 4.78 is 9.79. The number of ether oxygens (including phenoxy) is 1. The predicted octanol–water partition coefficient (Wildman–Crippen LogP) is 10.6. The standard InChI is InChI=1S/C63H47B2N5O/c1-2-22-42(23-3-1)69-54-35-43(66-31-13-19-39-16-4-8-27-50(39)66)34-53-59(54)65(47-26-12-18-41-21-15-33-68(53)61(41)47)48-38-49-63-58(62(48)69)45-24-6-10-29-52(45)70(63)55-36-44(67-32-14-20-40-17-5-9-28-51(40)67)37-57-60(55)64(49)46-25-7-11-30-56(46)71-57/h1-12,16-18,22-30,34-38H,13-15,19-21,31-33H2. The number of aromatic nitrogens is 1. The molecule has 0 bridgehead atoms. The van der Waals surface area contributed by atoms with Gasteiger partial charge in [0.05, 0.1) is 16.7 Å². The first kappa shape index (κ1) is 38.7. The third kappa shape index (κ3) is 5.14. The van der Waals surface area contributed by atoms with Crippen LogP contribution in [0.3, 0.4) is 0 Å². The highest BCUT2D eigenvalue weighted by molar-refractivity contribution is 7.03. The van der Waals surface area contributed by atoms with Gasteiger partial charge in [-0.25, -0.2) is 0 Å². The molecule has 10 aromatic rings. The second-order valence-corrected chi connectivity index (χ2v) is 20.8. The molecule has 9 aromatic carbocycles. The van der Waals surface area contributed by atoms with Crippen LogP contribution < -0.4 is 57.1 Å². The molecule has 336 valence electrons. The summed E-state index contributed by atoms with van der Waals surface area (Å²) >= 11 is 0. The van der Waals surface area contributed by atoms with Gasteiger partial charge in [-0.15, -0.1) is 0 Å². The fourth-order valence-electron chi connectivity index (χ4n) is 14.5. The number of para-hydroxylation sites is 6. The molecule has 1 aromatic heterocycles. The lowest BCUT2D eigenvalue weighted by molar-refractivity contribution is 0.487. The van der Waals surface area contributed by atoms with Crippen LogP contribution in [-0.4, -0.2) is 37.6 Å². The second-order valence-electron chi connectivity index (χ2n) is 20.8. The Balaban J connectivity index is 1.02. The monoisotopic (exact) mass is 911 g/mol. The van der Waals surface area contributed by atoms with Crippen molar-refractivity contribution in [3.63, 3.8) is 0 Å². The van der Waals surface area contributed by atoms with Crippen molar-refractivity contribution in [1.82, 2.24) is 4.57 Å². The van der Waals surface area contributed by atoms with Gasteiger partial charge in [-0.2, -0.15) is 0 Å². The molecule has 17 rings (SSSR count). The Bertz CT molecular complexity index is 3980. The van der Waals surface area contributed by atoms with Crippen LogP contribution in [0.2, 0.25) is 0 Å². The van der Waals surface area contributed by atoms with E-state index < -0.39 is 0 Å². The van der Waals surface area contributed by atoms with E-state index in [1.54, 1.807) is 0 Å². The Morgan fingerprint density at radius 1 is 0.394 bits per heavy atom. The van der Waals surface area contributed by atoms with E-state index in [2.05, 4.69) is 200 Å². The van der Waals surface area contributed by atoms with E-state index >= 15 is 0 Å². The number of aryl methyl sites for hydroxylation is 3.